The number of rotatable bonds is 7. The molecule has 0 aliphatic heterocycles. The van der Waals surface area contributed by atoms with Crippen molar-refractivity contribution in [1.82, 2.24) is 34.7 Å². The smallest absolute Gasteiger partial charge is 0.135 e. The lowest BCUT2D eigenvalue weighted by Crippen LogP contribution is -2.02. The number of H-pyrrole nitrogens is 2. The molecule has 0 atom stereocenters. The molecule has 0 unspecified atom stereocenters. The number of benzene rings is 2. The van der Waals surface area contributed by atoms with Crippen LogP contribution in [-0.2, 0) is 6.42 Å². The number of nitrogens with zero attached hydrogens (tertiary/aromatic N) is 5. The van der Waals surface area contributed by atoms with Crippen molar-refractivity contribution in [3.05, 3.63) is 121 Å². The first kappa shape index (κ1) is 23.6. The van der Waals surface area contributed by atoms with Gasteiger partial charge in [0.2, 0.25) is 0 Å². The average molecular weight is 523 g/mol. The SMILES string of the molecule is C=C(Cc1ccccc1)Nc1cncc(-c2ccc3[nH]nc(-c4cc5c(-n6cnc(C)c6)cccc5[nH]4)c3n2)c1. The van der Waals surface area contributed by atoms with Crippen molar-refractivity contribution in [2.45, 2.75) is 13.3 Å². The highest BCUT2D eigenvalue weighted by atomic mass is 15.1. The lowest BCUT2D eigenvalue weighted by Gasteiger charge is -2.11. The second-order valence-corrected chi connectivity index (χ2v) is 9.86. The third kappa shape index (κ3) is 4.41. The fourth-order valence-electron chi connectivity index (χ4n) is 5.03. The molecule has 0 radical (unpaired) electrons. The highest BCUT2D eigenvalue weighted by molar-refractivity contribution is 5.97. The summed E-state index contributed by atoms with van der Waals surface area (Å²) < 4.78 is 2.04. The quantitative estimate of drug-likeness (QED) is 0.213. The van der Waals surface area contributed by atoms with Gasteiger partial charge in [0.15, 0.2) is 0 Å². The zero-order valence-electron chi connectivity index (χ0n) is 21.9. The molecule has 8 heteroatoms. The maximum atomic E-state index is 5.00. The molecule has 2 aromatic carbocycles. The molecule has 0 aliphatic rings. The van der Waals surface area contributed by atoms with Crippen LogP contribution >= 0.6 is 0 Å². The van der Waals surface area contributed by atoms with Crippen LogP contribution in [0.25, 0.3) is 50.3 Å². The van der Waals surface area contributed by atoms with E-state index in [0.717, 1.165) is 73.8 Å². The van der Waals surface area contributed by atoms with E-state index in [4.69, 9.17) is 4.98 Å². The molecular formula is C32H26N8. The predicted octanol–water partition coefficient (Wildman–Crippen LogP) is 6.83. The van der Waals surface area contributed by atoms with Crippen molar-refractivity contribution in [3.8, 4) is 28.3 Å². The zero-order valence-corrected chi connectivity index (χ0v) is 21.9. The van der Waals surface area contributed by atoms with Crippen molar-refractivity contribution in [2.75, 3.05) is 5.32 Å². The summed E-state index contributed by atoms with van der Waals surface area (Å²) in [6, 6.07) is 24.6. The van der Waals surface area contributed by atoms with E-state index < -0.39 is 0 Å². The molecule has 0 amide bonds. The fraction of sp³-hybridized carbons (Fsp3) is 0.0625. The van der Waals surface area contributed by atoms with Gasteiger partial charge in [0.25, 0.3) is 0 Å². The Bertz CT molecular complexity index is 1990. The lowest BCUT2D eigenvalue weighted by atomic mass is 10.1. The summed E-state index contributed by atoms with van der Waals surface area (Å²) in [4.78, 5) is 17.4. The molecular weight excluding hydrogens is 496 g/mol. The molecule has 5 heterocycles. The molecule has 0 saturated heterocycles. The zero-order chi connectivity index (χ0) is 27.1. The minimum Gasteiger partial charge on any atom is -0.358 e. The van der Waals surface area contributed by atoms with Crippen molar-refractivity contribution < 1.29 is 0 Å². The van der Waals surface area contributed by atoms with Crippen LogP contribution in [0.15, 0.2) is 110 Å². The van der Waals surface area contributed by atoms with E-state index >= 15 is 0 Å². The van der Waals surface area contributed by atoms with Crippen LogP contribution in [0.5, 0.6) is 0 Å². The monoisotopic (exact) mass is 522 g/mol. The molecule has 40 heavy (non-hydrogen) atoms. The summed E-state index contributed by atoms with van der Waals surface area (Å²) in [5.41, 5.74) is 11.0. The van der Waals surface area contributed by atoms with Gasteiger partial charge in [-0.05, 0) is 48.9 Å². The van der Waals surface area contributed by atoms with Crippen molar-refractivity contribution in [3.63, 3.8) is 0 Å². The number of anilines is 1. The minimum absolute atomic E-state index is 0.736. The fourth-order valence-corrected chi connectivity index (χ4v) is 5.03. The van der Waals surface area contributed by atoms with Crippen LogP contribution in [0.2, 0.25) is 0 Å². The van der Waals surface area contributed by atoms with E-state index in [-0.39, 0.29) is 0 Å². The highest BCUT2D eigenvalue weighted by Crippen LogP contribution is 2.32. The number of pyridine rings is 2. The third-order valence-electron chi connectivity index (χ3n) is 6.91. The second-order valence-electron chi connectivity index (χ2n) is 9.86. The first-order valence-corrected chi connectivity index (χ1v) is 13.0. The molecule has 0 fully saturated rings. The second kappa shape index (κ2) is 9.67. The summed E-state index contributed by atoms with van der Waals surface area (Å²) >= 11 is 0. The highest BCUT2D eigenvalue weighted by Gasteiger charge is 2.16. The van der Waals surface area contributed by atoms with E-state index in [1.807, 2.05) is 72.7 Å². The Morgan fingerprint density at radius 1 is 0.975 bits per heavy atom. The van der Waals surface area contributed by atoms with Crippen LogP contribution in [-0.4, -0.2) is 34.7 Å². The minimum atomic E-state index is 0.736. The number of fused-ring (bicyclic) bond motifs is 2. The van der Waals surface area contributed by atoms with Crippen LogP contribution in [0, 0.1) is 6.92 Å². The van der Waals surface area contributed by atoms with Crippen LogP contribution in [0.3, 0.4) is 0 Å². The van der Waals surface area contributed by atoms with E-state index in [2.05, 4.69) is 67.4 Å². The molecule has 0 bridgehead atoms. The summed E-state index contributed by atoms with van der Waals surface area (Å²) in [7, 11) is 0. The number of nitrogens with one attached hydrogen (secondary N) is 3. The van der Waals surface area contributed by atoms with Crippen molar-refractivity contribution in [2.24, 2.45) is 0 Å². The van der Waals surface area contributed by atoms with Gasteiger partial charge in [0, 0.05) is 41.0 Å². The molecule has 7 rings (SSSR count). The summed E-state index contributed by atoms with van der Waals surface area (Å²) in [5, 5.41) is 12.2. The van der Waals surface area contributed by atoms with E-state index in [1.165, 1.54) is 5.56 Å². The molecule has 0 saturated carbocycles. The summed E-state index contributed by atoms with van der Waals surface area (Å²) in [6.07, 6.45) is 8.21. The number of hydrogen-bond acceptors (Lipinski definition) is 5. The molecule has 194 valence electrons. The van der Waals surface area contributed by atoms with Gasteiger partial charge in [-0.1, -0.05) is 43.0 Å². The predicted molar refractivity (Wildman–Crippen MR) is 159 cm³/mol. The first-order chi connectivity index (χ1) is 19.6. The summed E-state index contributed by atoms with van der Waals surface area (Å²) in [5.74, 6) is 0. The topological polar surface area (TPSA) is 100 Å². The van der Waals surface area contributed by atoms with Gasteiger partial charge >= 0.3 is 0 Å². The van der Waals surface area contributed by atoms with Crippen LogP contribution in [0.4, 0.5) is 5.69 Å². The average Bonchev–Trinajstić information content (AvgIpc) is 3.71. The number of aryl methyl sites for hydroxylation is 1. The standard InChI is InChI=1S/C32H26N8/c1-20(13-22-7-4-3-5-8-22)35-24-14-23(16-33-17-24)26-11-12-28-31(37-26)32(39-38-28)29-15-25-27(36-29)9-6-10-30(25)40-18-21(2)34-19-40/h3-12,14-19,35-36H,1,13H2,2H3,(H,38,39). The van der Waals surface area contributed by atoms with Gasteiger partial charge in [-0.2, -0.15) is 5.10 Å². The van der Waals surface area contributed by atoms with E-state index in [1.54, 1.807) is 6.20 Å². The molecule has 0 spiro atoms. The number of imidazole rings is 1. The Hall–Kier alpha value is -5.50. The Labute approximate surface area is 230 Å². The summed E-state index contributed by atoms with van der Waals surface area (Å²) in [6.45, 7) is 6.18. The normalized spacial score (nSPS) is 11.3. The lowest BCUT2D eigenvalue weighted by molar-refractivity contribution is 1.07. The molecule has 3 N–H and O–H groups in total. The van der Waals surface area contributed by atoms with E-state index in [0.29, 0.717) is 0 Å². The van der Waals surface area contributed by atoms with Crippen molar-refractivity contribution in [1.29, 1.82) is 0 Å². The van der Waals surface area contributed by atoms with Gasteiger partial charge in [0.05, 0.1) is 46.5 Å². The Kier molecular flexibility index (Phi) is 5.70. The third-order valence-corrected chi connectivity index (χ3v) is 6.91. The first-order valence-electron chi connectivity index (χ1n) is 13.0. The number of aromatic amines is 2. The van der Waals surface area contributed by atoms with Crippen LogP contribution in [0.1, 0.15) is 11.3 Å². The Morgan fingerprint density at radius 3 is 2.73 bits per heavy atom. The number of aromatic nitrogens is 7. The molecule has 0 aliphatic carbocycles. The van der Waals surface area contributed by atoms with Gasteiger partial charge in [-0.15, -0.1) is 0 Å². The van der Waals surface area contributed by atoms with Gasteiger partial charge in [0.1, 0.15) is 11.2 Å². The Balaban J connectivity index is 1.21. The van der Waals surface area contributed by atoms with Gasteiger partial charge in [-0.3, -0.25) is 10.1 Å². The molecule has 7 aromatic rings. The van der Waals surface area contributed by atoms with Crippen molar-refractivity contribution >= 4 is 27.6 Å². The molecule has 5 aromatic heterocycles. The number of hydrogen-bond donors (Lipinski definition) is 3. The molecule has 8 nitrogen and oxygen atoms in total. The maximum Gasteiger partial charge on any atom is 0.135 e. The largest absolute Gasteiger partial charge is 0.358 e. The maximum absolute atomic E-state index is 5.00. The number of allylic oxidation sites excluding steroid dienone is 1. The Morgan fingerprint density at radius 2 is 1.88 bits per heavy atom. The van der Waals surface area contributed by atoms with E-state index in [9.17, 15) is 0 Å². The van der Waals surface area contributed by atoms with Gasteiger partial charge < -0.3 is 14.9 Å². The van der Waals surface area contributed by atoms with Gasteiger partial charge in [-0.25, -0.2) is 9.97 Å². The van der Waals surface area contributed by atoms with Crippen LogP contribution < -0.4 is 5.32 Å².